The minimum atomic E-state index is -3.58. The summed E-state index contributed by atoms with van der Waals surface area (Å²) in [6.07, 6.45) is 1.59. The van der Waals surface area contributed by atoms with E-state index in [1.54, 1.807) is 0 Å². The second-order valence-electron chi connectivity index (χ2n) is 4.71. The molecule has 1 fully saturated rings. The minimum Gasteiger partial charge on any atom is -0.480 e. The van der Waals surface area contributed by atoms with Crippen LogP contribution < -0.4 is 5.73 Å². The van der Waals surface area contributed by atoms with Crippen molar-refractivity contribution >= 4 is 16.0 Å². The molecule has 1 heterocycles. The zero-order valence-electron chi connectivity index (χ0n) is 9.51. The number of rotatable bonds is 4. The molecule has 1 unspecified atom stereocenters. The van der Waals surface area contributed by atoms with Gasteiger partial charge in [-0.05, 0) is 26.7 Å². The van der Waals surface area contributed by atoms with Crippen molar-refractivity contribution in [1.82, 2.24) is 4.31 Å². The summed E-state index contributed by atoms with van der Waals surface area (Å²) >= 11 is 0. The first-order valence-electron chi connectivity index (χ1n) is 5.16. The summed E-state index contributed by atoms with van der Waals surface area (Å²) in [7, 11) is -3.58. The van der Waals surface area contributed by atoms with Crippen LogP contribution in [0.1, 0.15) is 26.7 Å². The Kier molecular flexibility index (Phi) is 3.61. The van der Waals surface area contributed by atoms with Crippen molar-refractivity contribution in [2.75, 3.05) is 12.3 Å². The fraction of sp³-hybridized carbons (Fsp3) is 0.889. The molecule has 1 atom stereocenters. The lowest BCUT2D eigenvalue weighted by Gasteiger charge is -2.30. The van der Waals surface area contributed by atoms with Crippen molar-refractivity contribution in [1.29, 1.82) is 0 Å². The van der Waals surface area contributed by atoms with E-state index >= 15 is 0 Å². The van der Waals surface area contributed by atoms with Gasteiger partial charge in [-0.2, -0.15) is 4.31 Å². The van der Waals surface area contributed by atoms with Crippen LogP contribution in [0.4, 0.5) is 0 Å². The Bertz CT molecular complexity index is 377. The Morgan fingerprint density at radius 3 is 2.50 bits per heavy atom. The predicted octanol–water partition coefficient (Wildman–Crippen LogP) is -0.397. The van der Waals surface area contributed by atoms with E-state index in [1.807, 2.05) is 13.8 Å². The average Bonchev–Trinajstić information content (AvgIpc) is 2.44. The molecule has 0 aromatic heterocycles. The molecule has 1 rings (SSSR count). The topological polar surface area (TPSA) is 101 Å². The van der Waals surface area contributed by atoms with Crippen LogP contribution in [-0.2, 0) is 14.8 Å². The first-order chi connectivity index (χ1) is 7.17. The summed E-state index contributed by atoms with van der Waals surface area (Å²) in [6, 6.07) is -1.36. The lowest BCUT2D eigenvalue weighted by Crippen LogP contribution is -2.48. The summed E-state index contributed by atoms with van der Waals surface area (Å²) in [6.45, 7) is 4.12. The third-order valence-corrected chi connectivity index (χ3v) is 5.00. The van der Waals surface area contributed by atoms with Crippen LogP contribution in [-0.4, -0.2) is 47.7 Å². The lowest BCUT2D eigenvalue weighted by molar-refractivity contribution is -0.138. The van der Waals surface area contributed by atoms with Gasteiger partial charge in [0.1, 0.15) is 6.04 Å². The Labute approximate surface area is 95.5 Å². The quantitative estimate of drug-likeness (QED) is 0.707. The summed E-state index contributed by atoms with van der Waals surface area (Å²) in [5.74, 6) is -1.83. The molecule has 7 heteroatoms. The van der Waals surface area contributed by atoms with Gasteiger partial charge in [-0.1, -0.05) is 0 Å². The highest BCUT2D eigenvalue weighted by Crippen LogP contribution is 2.31. The van der Waals surface area contributed by atoms with Crippen molar-refractivity contribution < 1.29 is 18.3 Å². The number of carbonyl (C=O) groups is 1. The molecule has 0 aliphatic carbocycles. The molecule has 3 N–H and O–H groups in total. The number of nitrogens with two attached hydrogens (primary N) is 1. The highest BCUT2D eigenvalue weighted by molar-refractivity contribution is 7.89. The van der Waals surface area contributed by atoms with Crippen molar-refractivity contribution in [2.45, 2.75) is 38.3 Å². The van der Waals surface area contributed by atoms with Crippen molar-refractivity contribution in [3.05, 3.63) is 0 Å². The van der Waals surface area contributed by atoms with E-state index in [1.165, 1.54) is 4.31 Å². The van der Waals surface area contributed by atoms with Crippen LogP contribution >= 0.6 is 0 Å². The zero-order chi connectivity index (χ0) is 12.6. The first-order valence-corrected chi connectivity index (χ1v) is 6.77. The number of carboxylic acid groups (broad SMARTS) is 1. The maximum Gasteiger partial charge on any atom is 0.321 e. The van der Waals surface area contributed by atoms with Crippen LogP contribution in [0.15, 0.2) is 0 Å². The molecule has 0 bridgehead atoms. The van der Waals surface area contributed by atoms with Gasteiger partial charge in [-0.3, -0.25) is 4.79 Å². The minimum absolute atomic E-state index is 0.433. The summed E-state index contributed by atoms with van der Waals surface area (Å²) < 4.78 is 25.3. The molecule has 1 aliphatic heterocycles. The molecule has 0 radical (unpaired) electrons. The summed E-state index contributed by atoms with van der Waals surface area (Å²) in [5.41, 5.74) is 4.82. The lowest BCUT2D eigenvalue weighted by atomic mass is 10.0. The van der Waals surface area contributed by atoms with Gasteiger partial charge in [0.05, 0.1) is 5.75 Å². The number of nitrogens with zero attached hydrogens (tertiary/aromatic N) is 1. The zero-order valence-corrected chi connectivity index (χ0v) is 10.3. The molecule has 6 nitrogen and oxygen atoms in total. The fourth-order valence-corrected chi connectivity index (χ4v) is 4.01. The molecule has 0 saturated carbocycles. The number of hydrogen-bond acceptors (Lipinski definition) is 4. The van der Waals surface area contributed by atoms with E-state index in [0.29, 0.717) is 6.54 Å². The fourth-order valence-electron chi connectivity index (χ4n) is 1.99. The van der Waals surface area contributed by atoms with Crippen LogP contribution in [0, 0.1) is 0 Å². The highest BCUT2D eigenvalue weighted by atomic mass is 32.2. The van der Waals surface area contributed by atoms with Gasteiger partial charge in [-0.15, -0.1) is 0 Å². The molecule has 1 saturated heterocycles. The largest absolute Gasteiger partial charge is 0.480 e. The standard InChI is InChI=1S/C9H18N2O4S/c1-9(2)4-3-5-11(9)16(14,15)6-7(10)8(12)13/h7H,3-6,10H2,1-2H3,(H,12,13). The number of hydrogen-bond donors (Lipinski definition) is 2. The van der Waals surface area contributed by atoms with Gasteiger partial charge in [0.2, 0.25) is 10.0 Å². The van der Waals surface area contributed by atoms with Gasteiger partial charge >= 0.3 is 5.97 Å². The van der Waals surface area contributed by atoms with Crippen molar-refractivity contribution in [3.63, 3.8) is 0 Å². The highest BCUT2D eigenvalue weighted by Gasteiger charge is 2.41. The van der Waals surface area contributed by atoms with Gasteiger partial charge < -0.3 is 10.8 Å². The number of sulfonamides is 1. The summed E-state index contributed by atoms with van der Waals surface area (Å²) in [4.78, 5) is 10.5. The van der Waals surface area contributed by atoms with E-state index in [4.69, 9.17) is 10.8 Å². The van der Waals surface area contributed by atoms with Crippen LogP contribution in [0.25, 0.3) is 0 Å². The van der Waals surface area contributed by atoms with Crippen LogP contribution in [0.5, 0.6) is 0 Å². The molecule has 1 aliphatic rings. The van der Waals surface area contributed by atoms with Gasteiger partial charge in [0.15, 0.2) is 0 Å². The van der Waals surface area contributed by atoms with Gasteiger partial charge in [0, 0.05) is 12.1 Å². The molecule has 0 aromatic carbocycles. The maximum absolute atomic E-state index is 11.9. The van der Waals surface area contributed by atoms with Crippen molar-refractivity contribution in [3.8, 4) is 0 Å². The molecule has 94 valence electrons. The van der Waals surface area contributed by atoms with Gasteiger partial charge in [-0.25, -0.2) is 8.42 Å². The molecular weight excluding hydrogens is 232 g/mol. The molecule has 0 amide bonds. The normalized spacial score (nSPS) is 23.2. The first kappa shape index (κ1) is 13.4. The predicted molar refractivity (Wildman–Crippen MR) is 59.4 cm³/mol. The molecule has 0 aromatic rings. The summed E-state index contributed by atoms with van der Waals surface area (Å²) in [5, 5.41) is 8.61. The smallest absolute Gasteiger partial charge is 0.321 e. The van der Waals surface area contributed by atoms with Crippen LogP contribution in [0.2, 0.25) is 0 Å². The van der Waals surface area contributed by atoms with Crippen LogP contribution in [0.3, 0.4) is 0 Å². The molecule has 0 spiro atoms. The van der Waals surface area contributed by atoms with Crippen molar-refractivity contribution in [2.24, 2.45) is 5.73 Å². The third kappa shape index (κ3) is 2.72. The Balaban J connectivity index is 2.83. The van der Waals surface area contributed by atoms with E-state index in [-0.39, 0.29) is 0 Å². The van der Waals surface area contributed by atoms with E-state index in [9.17, 15) is 13.2 Å². The second kappa shape index (κ2) is 4.31. The van der Waals surface area contributed by atoms with E-state index in [0.717, 1.165) is 12.8 Å². The Morgan fingerprint density at radius 1 is 1.56 bits per heavy atom. The van der Waals surface area contributed by atoms with Gasteiger partial charge in [0.25, 0.3) is 0 Å². The number of carboxylic acids is 1. The molecular formula is C9H18N2O4S. The maximum atomic E-state index is 11.9. The molecule has 16 heavy (non-hydrogen) atoms. The van der Waals surface area contributed by atoms with E-state index in [2.05, 4.69) is 0 Å². The Morgan fingerprint density at radius 2 is 2.12 bits per heavy atom. The second-order valence-corrected chi connectivity index (χ2v) is 6.65. The average molecular weight is 250 g/mol. The Hall–Kier alpha value is -0.660. The number of aliphatic carboxylic acids is 1. The SMILES string of the molecule is CC1(C)CCCN1S(=O)(=O)CC(N)C(=O)O. The van der Waals surface area contributed by atoms with E-state index < -0.39 is 33.3 Å². The third-order valence-electron chi connectivity index (χ3n) is 2.87. The monoisotopic (exact) mass is 250 g/mol.